The molecule has 13 heavy (non-hydrogen) atoms. The summed E-state index contributed by atoms with van der Waals surface area (Å²) in [7, 11) is 0. The van der Waals surface area contributed by atoms with E-state index in [1.54, 1.807) is 6.20 Å². The van der Waals surface area contributed by atoms with E-state index in [-0.39, 0.29) is 0 Å². The van der Waals surface area contributed by atoms with Crippen LogP contribution in [0.15, 0.2) is 23.2 Å². The van der Waals surface area contributed by atoms with Gasteiger partial charge in [0.1, 0.15) is 11.5 Å². The number of aryl methyl sites for hydroxylation is 1. The van der Waals surface area contributed by atoms with Crippen molar-refractivity contribution in [3.05, 3.63) is 24.5 Å². The van der Waals surface area contributed by atoms with E-state index in [4.69, 9.17) is 10.2 Å². The quantitative estimate of drug-likeness (QED) is 0.701. The molecule has 5 nitrogen and oxygen atoms in total. The highest BCUT2D eigenvalue weighted by atomic mass is 16.3. The molecule has 0 bridgehead atoms. The van der Waals surface area contributed by atoms with Gasteiger partial charge >= 0.3 is 0 Å². The van der Waals surface area contributed by atoms with Gasteiger partial charge in [-0.05, 0) is 6.92 Å². The van der Waals surface area contributed by atoms with Gasteiger partial charge in [-0.15, -0.1) is 0 Å². The molecule has 0 fully saturated rings. The largest absolute Gasteiger partial charge is 0.442 e. The number of nitrogen functional groups attached to an aromatic ring is 1. The third-order valence-electron chi connectivity index (χ3n) is 1.64. The van der Waals surface area contributed by atoms with Crippen LogP contribution in [0.5, 0.6) is 0 Å². The van der Waals surface area contributed by atoms with Gasteiger partial charge in [0, 0.05) is 0 Å². The maximum atomic E-state index is 5.50. The Kier molecular flexibility index (Phi) is 1.70. The average Bonchev–Trinajstić information content (AvgIpc) is 2.61. The first-order valence-electron chi connectivity index (χ1n) is 3.75. The lowest BCUT2D eigenvalue weighted by atomic mass is 10.3. The topological polar surface area (TPSA) is 77.8 Å². The molecular formula is C8H8N4O. The van der Waals surface area contributed by atoms with Gasteiger partial charge in [0.15, 0.2) is 12.2 Å². The number of oxazole rings is 1. The van der Waals surface area contributed by atoms with Crippen LogP contribution < -0.4 is 5.73 Å². The van der Waals surface area contributed by atoms with Crippen LogP contribution in [0.25, 0.3) is 11.5 Å². The molecule has 0 atom stereocenters. The van der Waals surface area contributed by atoms with Gasteiger partial charge in [0.05, 0.1) is 18.1 Å². The molecule has 2 heterocycles. The first kappa shape index (κ1) is 7.72. The Morgan fingerprint density at radius 1 is 1.38 bits per heavy atom. The second-order valence-corrected chi connectivity index (χ2v) is 2.59. The van der Waals surface area contributed by atoms with Crippen LogP contribution in [-0.4, -0.2) is 15.0 Å². The number of nitrogens with zero attached hydrogens (tertiary/aromatic N) is 3. The van der Waals surface area contributed by atoms with E-state index in [0.29, 0.717) is 17.3 Å². The Labute approximate surface area is 74.6 Å². The Balaban J connectivity index is 2.57. The molecule has 0 spiro atoms. The fourth-order valence-electron chi connectivity index (χ4n) is 1.03. The van der Waals surface area contributed by atoms with Crippen molar-refractivity contribution >= 4 is 5.82 Å². The molecule has 66 valence electrons. The van der Waals surface area contributed by atoms with Gasteiger partial charge in [-0.25, -0.2) is 9.97 Å². The highest BCUT2D eigenvalue weighted by Crippen LogP contribution is 2.19. The van der Waals surface area contributed by atoms with E-state index in [1.807, 2.05) is 6.92 Å². The molecule has 0 saturated heterocycles. The number of rotatable bonds is 1. The highest BCUT2D eigenvalue weighted by Gasteiger charge is 2.07. The average molecular weight is 176 g/mol. The third kappa shape index (κ3) is 1.35. The van der Waals surface area contributed by atoms with Gasteiger partial charge in [-0.3, -0.25) is 4.98 Å². The van der Waals surface area contributed by atoms with Crippen molar-refractivity contribution in [2.75, 3.05) is 5.73 Å². The van der Waals surface area contributed by atoms with Crippen LogP contribution in [0.2, 0.25) is 0 Å². The van der Waals surface area contributed by atoms with Crippen molar-refractivity contribution in [2.24, 2.45) is 0 Å². The van der Waals surface area contributed by atoms with Crippen LogP contribution in [0.3, 0.4) is 0 Å². The molecule has 2 aromatic heterocycles. The van der Waals surface area contributed by atoms with Crippen molar-refractivity contribution in [2.45, 2.75) is 6.92 Å². The molecule has 5 heteroatoms. The van der Waals surface area contributed by atoms with Gasteiger partial charge in [0.25, 0.3) is 0 Å². The minimum atomic E-state index is 0.372. The number of nitrogens with two attached hydrogens (primary N) is 1. The summed E-state index contributed by atoms with van der Waals surface area (Å²) in [6, 6.07) is 0. The van der Waals surface area contributed by atoms with Crippen molar-refractivity contribution in [3.8, 4) is 11.5 Å². The SMILES string of the molecule is Cc1ncc(N)nc1-c1cnco1. The lowest BCUT2D eigenvalue weighted by Gasteiger charge is -2.00. The summed E-state index contributed by atoms with van der Waals surface area (Å²) in [4.78, 5) is 12.0. The molecular weight excluding hydrogens is 168 g/mol. The molecule has 0 aliphatic heterocycles. The molecule has 0 aromatic carbocycles. The summed E-state index contributed by atoms with van der Waals surface area (Å²) in [6.07, 6.45) is 4.44. The molecule has 2 N–H and O–H groups in total. The zero-order valence-electron chi connectivity index (χ0n) is 7.06. The van der Waals surface area contributed by atoms with Crippen molar-refractivity contribution in [1.82, 2.24) is 15.0 Å². The zero-order chi connectivity index (χ0) is 9.26. The van der Waals surface area contributed by atoms with Crippen LogP contribution in [-0.2, 0) is 0 Å². The molecule has 0 saturated carbocycles. The lowest BCUT2D eigenvalue weighted by molar-refractivity contribution is 0.569. The van der Waals surface area contributed by atoms with Gasteiger partial charge in [0.2, 0.25) is 0 Å². The second-order valence-electron chi connectivity index (χ2n) is 2.59. The highest BCUT2D eigenvalue weighted by molar-refractivity contribution is 5.55. The Morgan fingerprint density at radius 3 is 2.92 bits per heavy atom. The fourth-order valence-corrected chi connectivity index (χ4v) is 1.03. The number of aromatic nitrogens is 3. The Morgan fingerprint density at radius 2 is 2.23 bits per heavy atom. The number of hydrogen-bond acceptors (Lipinski definition) is 5. The summed E-state index contributed by atoms with van der Waals surface area (Å²) < 4.78 is 5.09. The third-order valence-corrected chi connectivity index (χ3v) is 1.64. The van der Waals surface area contributed by atoms with Crippen molar-refractivity contribution in [1.29, 1.82) is 0 Å². The number of hydrogen-bond donors (Lipinski definition) is 1. The van der Waals surface area contributed by atoms with E-state index in [9.17, 15) is 0 Å². The van der Waals surface area contributed by atoms with Gasteiger partial charge < -0.3 is 10.2 Å². The standard InChI is InChI=1S/C8H8N4O/c1-5-8(6-2-10-4-13-6)12-7(9)3-11-5/h2-4H,1H3,(H2,9,12). The summed E-state index contributed by atoms with van der Waals surface area (Å²) in [5.41, 5.74) is 6.90. The fraction of sp³-hybridized carbons (Fsp3) is 0.125. The normalized spacial score (nSPS) is 10.2. The van der Waals surface area contributed by atoms with Crippen LogP contribution >= 0.6 is 0 Å². The minimum absolute atomic E-state index is 0.372. The van der Waals surface area contributed by atoms with Crippen LogP contribution in [0.4, 0.5) is 5.82 Å². The van der Waals surface area contributed by atoms with Crippen molar-refractivity contribution < 1.29 is 4.42 Å². The van der Waals surface area contributed by atoms with Gasteiger partial charge in [-0.1, -0.05) is 0 Å². The van der Waals surface area contributed by atoms with E-state index in [1.165, 1.54) is 12.6 Å². The maximum absolute atomic E-state index is 5.50. The maximum Gasteiger partial charge on any atom is 0.181 e. The molecule has 0 amide bonds. The predicted molar refractivity (Wildman–Crippen MR) is 46.7 cm³/mol. The van der Waals surface area contributed by atoms with Crippen LogP contribution in [0.1, 0.15) is 5.69 Å². The number of anilines is 1. The zero-order valence-corrected chi connectivity index (χ0v) is 7.06. The molecule has 0 unspecified atom stereocenters. The van der Waals surface area contributed by atoms with Crippen LogP contribution in [0, 0.1) is 6.92 Å². The molecule has 2 rings (SSSR count). The first-order chi connectivity index (χ1) is 6.27. The molecule has 0 aliphatic rings. The monoisotopic (exact) mass is 176 g/mol. The Hall–Kier alpha value is -1.91. The summed E-state index contributed by atoms with van der Waals surface area (Å²) >= 11 is 0. The first-order valence-corrected chi connectivity index (χ1v) is 3.75. The van der Waals surface area contributed by atoms with E-state index in [0.717, 1.165) is 5.69 Å². The Bertz CT molecular complexity index is 410. The van der Waals surface area contributed by atoms with E-state index < -0.39 is 0 Å². The molecule has 2 aromatic rings. The summed E-state index contributed by atoms with van der Waals surface area (Å²) in [5.74, 6) is 0.953. The van der Waals surface area contributed by atoms with Gasteiger partial charge in [-0.2, -0.15) is 0 Å². The molecule has 0 radical (unpaired) electrons. The minimum Gasteiger partial charge on any atom is -0.442 e. The second kappa shape index (κ2) is 2.85. The smallest absolute Gasteiger partial charge is 0.181 e. The summed E-state index contributed by atoms with van der Waals surface area (Å²) in [6.45, 7) is 1.84. The van der Waals surface area contributed by atoms with E-state index in [2.05, 4.69) is 15.0 Å². The lowest BCUT2D eigenvalue weighted by Crippen LogP contribution is -1.96. The summed E-state index contributed by atoms with van der Waals surface area (Å²) in [5, 5.41) is 0. The van der Waals surface area contributed by atoms with Crippen molar-refractivity contribution in [3.63, 3.8) is 0 Å². The predicted octanol–water partition coefficient (Wildman–Crippen LogP) is 1.02. The van der Waals surface area contributed by atoms with E-state index >= 15 is 0 Å². The molecule has 0 aliphatic carbocycles.